The number of nitrogens with one attached hydrogen (secondary N) is 1. The number of anilines is 5. The highest BCUT2D eigenvalue weighted by atomic mass is 15.1. The van der Waals surface area contributed by atoms with Crippen LogP contribution < -0.4 is 10.2 Å². The van der Waals surface area contributed by atoms with Gasteiger partial charge in [-0.2, -0.15) is 0 Å². The Morgan fingerprint density at radius 1 is 0.317 bits per heavy atom. The van der Waals surface area contributed by atoms with Gasteiger partial charge in [-0.05, 0) is 94.0 Å². The normalized spacial score (nSPS) is 11.0. The standard InChI is InChI=1S/C57H41N3/c1-4-16-41(17-5-1)43-30-32-46(33-31-43)53-27-11-13-29-56(53)60(51-36-34-44(35-37-51)42-18-6-2-7-19-42)52-26-15-25-50(40-52)58-49-24-14-23-48(38-49)57-54(45-20-8-3-9-21-45)39-47-22-10-12-28-55(47)59-57/h1-40,58H. The minimum Gasteiger partial charge on any atom is -0.355 e. The smallest absolute Gasteiger partial charge is 0.0788 e. The number of para-hydroxylation sites is 2. The van der Waals surface area contributed by atoms with Gasteiger partial charge < -0.3 is 10.2 Å². The lowest BCUT2D eigenvalue weighted by Gasteiger charge is -2.28. The summed E-state index contributed by atoms with van der Waals surface area (Å²) >= 11 is 0. The lowest BCUT2D eigenvalue weighted by Crippen LogP contribution is -2.11. The Hall–Kier alpha value is -8.01. The van der Waals surface area contributed by atoms with E-state index in [1.807, 2.05) is 6.07 Å². The van der Waals surface area contributed by atoms with Crippen molar-refractivity contribution >= 4 is 39.3 Å². The molecule has 0 spiro atoms. The maximum atomic E-state index is 5.22. The molecule has 10 rings (SSSR count). The average Bonchev–Trinajstić information content (AvgIpc) is 3.33. The van der Waals surface area contributed by atoms with Crippen LogP contribution >= 0.6 is 0 Å². The maximum Gasteiger partial charge on any atom is 0.0788 e. The van der Waals surface area contributed by atoms with E-state index in [0.29, 0.717) is 0 Å². The van der Waals surface area contributed by atoms with Gasteiger partial charge in [0, 0.05) is 44.8 Å². The van der Waals surface area contributed by atoms with E-state index in [2.05, 4.69) is 247 Å². The lowest BCUT2D eigenvalue weighted by atomic mass is 9.97. The van der Waals surface area contributed by atoms with Crippen LogP contribution in [-0.4, -0.2) is 4.98 Å². The zero-order valence-corrected chi connectivity index (χ0v) is 33.0. The summed E-state index contributed by atoms with van der Waals surface area (Å²) in [5.74, 6) is 0. The number of hydrogen-bond donors (Lipinski definition) is 1. The number of fused-ring (bicyclic) bond motifs is 1. The zero-order valence-electron chi connectivity index (χ0n) is 33.0. The molecule has 3 nitrogen and oxygen atoms in total. The molecule has 0 atom stereocenters. The van der Waals surface area contributed by atoms with Crippen LogP contribution in [0.25, 0.3) is 66.7 Å². The van der Waals surface area contributed by atoms with E-state index in [0.717, 1.165) is 72.9 Å². The fraction of sp³-hybridized carbons (Fsp3) is 0. The topological polar surface area (TPSA) is 28.2 Å². The van der Waals surface area contributed by atoms with Gasteiger partial charge in [0.25, 0.3) is 0 Å². The average molecular weight is 768 g/mol. The number of nitrogens with zero attached hydrogens (tertiary/aromatic N) is 2. The number of rotatable bonds is 10. The Bertz CT molecular complexity index is 3030. The van der Waals surface area contributed by atoms with Gasteiger partial charge in [0.1, 0.15) is 0 Å². The van der Waals surface area contributed by atoms with Gasteiger partial charge in [-0.3, -0.25) is 0 Å². The van der Waals surface area contributed by atoms with Gasteiger partial charge in [-0.15, -0.1) is 0 Å². The molecule has 10 aromatic rings. The lowest BCUT2D eigenvalue weighted by molar-refractivity contribution is 1.28. The molecule has 60 heavy (non-hydrogen) atoms. The molecule has 0 saturated carbocycles. The highest BCUT2D eigenvalue weighted by Gasteiger charge is 2.18. The van der Waals surface area contributed by atoms with Gasteiger partial charge in [-0.1, -0.05) is 182 Å². The second-order valence-electron chi connectivity index (χ2n) is 14.9. The Morgan fingerprint density at radius 3 is 1.52 bits per heavy atom. The molecule has 0 radical (unpaired) electrons. The zero-order chi connectivity index (χ0) is 40.1. The molecule has 3 heteroatoms. The van der Waals surface area contributed by atoms with E-state index in [-0.39, 0.29) is 0 Å². The Kier molecular flexibility index (Phi) is 9.97. The number of hydrogen-bond acceptors (Lipinski definition) is 3. The molecule has 0 unspecified atom stereocenters. The molecule has 0 aliphatic heterocycles. The third-order valence-corrected chi connectivity index (χ3v) is 11.0. The maximum absolute atomic E-state index is 5.22. The van der Waals surface area contributed by atoms with Crippen molar-refractivity contribution in [3.63, 3.8) is 0 Å². The van der Waals surface area contributed by atoms with Crippen LogP contribution in [0.5, 0.6) is 0 Å². The van der Waals surface area contributed by atoms with Crippen molar-refractivity contribution in [1.82, 2.24) is 4.98 Å². The first kappa shape index (κ1) is 36.3. The molecule has 0 amide bonds. The Morgan fingerprint density at radius 2 is 0.817 bits per heavy atom. The second-order valence-corrected chi connectivity index (χ2v) is 14.9. The van der Waals surface area contributed by atoms with Crippen molar-refractivity contribution in [2.45, 2.75) is 0 Å². The van der Waals surface area contributed by atoms with Crippen LogP contribution in [0, 0.1) is 0 Å². The first-order chi connectivity index (χ1) is 29.7. The number of benzene rings is 9. The van der Waals surface area contributed by atoms with E-state index >= 15 is 0 Å². The third-order valence-electron chi connectivity index (χ3n) is 11.0. The fourth-order valence-corrected chi connectivity index (χ4v) is 8.05. The number of pyridine rings is 1. The van der Waals surface area contributed by atoms with Crippen molar-refractivity contribution in [3.8, 4) is 55.8 Å². The van der Waals surface area contributed by atoms with Crippen LogP contribution in [-0.2, 0) is 0 Å². The predicted molar refractivity (Wildman–Crippen MR) is 253 cm³/mol. The summed E-state index contributed by atoms with van der Waals surface area (Å²) in [6, 6.07) is 85.9. The third kappa shape index (κ3) is 7.56. The molecule has 1 heterocycles. The fourth-order valence-electron chi connectivity index (χ4n) is 8.05. The van der Waals surface area contributed by atoms with Crippen LogP contribution in [0.3, 0.4) is 0 Å². The van der Waals surface area contributed by atoms with Gasteiger partial charge in [-0.25, -0.2) is 4.98 Å². The first-order valence-corrected chi connectivity index (χ1v) is 20.4. The van der Waals surface area contributed by atoms with E-state index < -0.39 is 0 Å². The van der Waals surface area contributed by atoms with E-state index in [1.54, 1.807) is 0 Å². The van der Waals surface area contributed by atoms with Gasteiger partial charge in [0.15, 0.2) is 0 Å². The second kappa shape index (κ2) is 16.5. The summed E-state index contributed by atoms with van der Waals surface area (Å²) in [7, 11) is 0. The summed E-state index contributed by atoms with van der Waals surface area (Å²) < 4.78 is 0. The van der Waals surface area contributed by atoms with Crippen LogP contribution in [0.15, 0.2) is 243 Å². The van der Waals surface area contributed by atoms with Crippen molar-refractivity contribution in [1.29, 1.82) is 0 Å². The summed E-state index contributed by atoms with van der Waals surface area (Å²) in [5.41, 5.74) is 17.5. The highest BCUT2D eigenvalue weighted by molar-refractivity contribution is 5.93. The molecule has 0 fully saturated rings. The van der Waals surface area contributed by atoms with E-state index in [4.69, 9.17) is 4.98 Å². The quantitative estimate of drug-likeness (QED) is 0.150. The van der Waals surface area contributed by atoms with E-state index in [1.165, 1.54) is 22.3 Å². The molecular formula is C57H41N3. The minimum absolute atomic E-state index is 0.954. The van der Waals surface area contributed by atoms with Crippen LogP contribution in [0.4, 0.5) is 28.4 Å². The molecule has 0 saturated heterocycles. The largest absolute Gasteiger partial charge is 0.355 e. The summed E-state index contributed by atoms with van der Waals surface area (Å²) in [6.45, 7) is 0. The number of aromatic nitrogens is 1. The summed E-state index contributed by atoms with van der Waals surface area (Å²) in [6.07, 6.45) is 0. The molecular weight excluding hydrogens is 727 g/mol. The monoisotopic (exact) mass is 767 g/mol. The van der Waals surface area contributed by atoms with Crippen molar-refractivity contribution < 1.29 is 0 Å². The molecule has 1 N–H and O–H groups in total. The molecule has 9 aromatic carbocycles. The highest BCUT2D eigenvalue weighted by Crippen LogP contribution is 2.43. The molecule has 0 aliphatic rings. The summed E-state index contributed by atoms with van der Waals surface area (Å²) in [4.78, 5) is 7.58. The Labute approximate surface area is 351 Å². The van der Waals surface area contributed by atoms with Gasteiger partial charge in [0.05, 0.1) is 16.9 Å². The SMILES string of the molecule is c1ccc(-c2ccc(-c3ccccc3N(c3ccc(-c4ccccc4)cc3)c3cccc(Nc4cccc(-c5nc6ccccc6cc5-c5ccccc5)c4)c3)cc2)cc1. The molecule has 284 valence electrons. The molecule has 0 bridgehead atoms. The molecule has 0 aliphatic carbocycles. The van der Waals surface area contributed by atoms with Gasteiger partial charge >= 0.3 is 0 Å². The van der Waals surface area contributed by atoms with Crippen LogP contribution in [0.2, 0.25) is 0 Å². The van der Waals surface area contributed by atoms with Crippen LogP contribution in [0.1, 0.15) is 0 Å². The van der Waals surface area contributed by atoms with Gasteiger partial charge in [0.2, 0.25) is 0 Å². The van der Waals surface area contributed by atoms with E-state index in [9.17, 15) is 0 Å². The van der Waals surface area contributed by atoms with Crippen molar-refractivity contribution in [2.75, 3.05) is 10.2 Å². The minimum atomic E-state index is 0.954. The molecule has 1 aromatic heterocycles. The first-order valence-electron chi connectivity index (χ1n) is 20.4. The summed E-state index contributed by atoms with van der Waals surface area (Å²) in [5, 5.41) is 4.87. The Balaban J connectivity index is 1.03. The predicted octanol–water partition coefficient (Wildman–Crippen LogP) is 15.8. The van der Waals surface area contributed by atoms with Crippen molar-refractivity contribution in [2.24, 2.45) is 0 Å². The van der Waals surface area contributed by atoms with Crippen molar-refractivity contribution in [3.05, 3.63) is 243 Å².